The zero-order chi connectivity index (χ0) is 16.1. The summed E-state index contributed by atoms with van der Waals surface area (Å²) >= 11 is 0. The first-order chi connectivity index (χ1) is 10.0. The van der Waals surface area contributed by atoms with Crippen molar-refractivity contribution in [3.63, 3.8) is 0 Å². The molecule has 8 nitrogen and oxygen atoms in total. The van der Waals surface area contributed by atoms with Crippen LogP contribution >= 0.6 is 0 Å². The van der Waals surface area contributed by atoms with Crippen molar-refractivity contribution in [3.8, 4) is 0 Å². The van der Waals surface area contributed by atoms with E-state index >= 15 is 0 Å². The molecule has 0 saturated carbocycles. The van der Waals surface area contributed by atoms with Gasteiger partial charge < -0.3 is 19.8 Å². The molecule has 1 N–H and O–H groups in total. The molecule has 0 rings (SSSR count). The topological polar surface area (TPSA) is 97.3 Å². The lowest BCUT2D eigenvalue weighted by atomic mass is 10.4. The first kappa shape index (κ1) is 18.6. The molecule has 0 bridgehead atoms. The van der Waals surface area contributed by atoms with Crippen molar-refractivity contribution in [1.29, 1.82) is 0 Å². The molecule has 0 fully saturated rings. The molecule has 0 aliphatic carbocycles. The SMILES string of the molecule is CCO/C(C)=N\OCC(=O)NCCN(C)C(=O)/C=C\C=O. The summed E-state index contributed by atoms with van der Waals surface area (Å²) < 4.78 is 5.01. The third-order valence-corrected chi connectivity index (χ3v) is 2.20. The number of nitrogens with zero attached hydrogens (tertiary/aromatic N) is 2. The molecule has 0 unspecified atom stereocenters. The van der Waals surface area contributed by atoms with Crippen LogP contribution in [0.2, 0.25) is 0 Å². The second-order valence-corrected chi connectivity index (χ2v) is 3.92. The van der Waals surface area contributed by atoms with Gasteiger partial charge in [-0.15, -0.1) is 0 Å². The van der Waals surface area contributed by atoms with Gasteiger partial charge in [-0.1, -0.05) is 5.16 Å². The van der Waals surface area contributed by atoms with Crippen molar-refractivity contribution in [1.82, 2.24) is 10.2 Å². The second-order valence-electron chi connectivity index (χ2n) is 3.92. The van der Waals surface area contributed by atoms with E-state index in [1.54, 1.807) is 14.0 Å². The highest BCUT2D eigenvalue weighted by molar-refractivity contribution is 5.90. The monoisotopic (exact) mass is 299 g/mol. The number of rotatable bonds is 9. The Morgan fingerprint density at radius 3 is 2.71 bits per heavy atom. The molecule has 0 aromatic carbocycles. The molecule has 0 spiro atoms. The van der Waals surface area contributed by atoms with Crippen LogP contribution in [0, 0.1) is 0 Å². The van der Waals surface area contributed by atoms with Crippen molar-refractivity contribution in [3.05, 3.63) is 12.2 Å². The van der Waals surface area contributed by atoms with Gasteiger partial charge in [0, 0.05) is 33.1 Å². The minimum absolute atomic E-state index is 0.229. The number of hydrogen-bond donors (Lipinski definition) is 1. The number of carbonyl (C=O) groups is 3. The molecule has 118 valence electrons. The number of nitrogens with one attached hydrogen (secondary N) is 1. The molecule has 0 aliphatic rings. The van der Waals surface area contributed by atoms with Gasteiger partial charge in [-0.3, -0.25) is 14.4 Å². The Labute approximate surface area is 123 Å². The Morgan fingerprint density at radius 1 is 1.38 bits per heavy atom. The average Bonchev–Trinajstić information content (AvgIpc) is 2.44. The molecule has 0 aromatic rings. The van der Waals surface area contributed by atoms with Gasteiger partial charge >= 0.3 is 0 Å². The zero-order valence-electron chi connectivity index (χ0n) is 12.5. The molecule has 21 heavy (non-hydrogen) atoms. The lowest BCUT2D eigenvalue weighted by Gasteiger charge is -2.15. The highest BCUT2D eigenvalue weighted by Crippen LogP contribution is 1.87. The quantitative estimate of drug-likeness (QED) is 0.207. The van der Waals surface area contributed by atoms with Crippen LogP contribution in [0.4, 0.5) is 0 Å². The fraction of sp³-hybridized carbons (Fsp3) is 0.538. The summed E-state index contributed by atoms with van der Waals surface area (Å²) in [6, 6.07) is 0. The van der Waals surface area contributed by atoms with Crippen molar-refractivity contribution >= 4 is 24.0 Å². The summed E-state index contributed by atoms with van der Waals surface area (Å²) in [6.45, 7) is 4.27. The highest BCUT2D eigenvalue weighted by atomic mass is 16.6. The van der Waals surface area contributed by atoms with E-state index in [4.69, 9.17) is 9.57 Å². The summed E-state index contributed by atoms with van der Waals surface area (Å²) in [5.74, 6) is -0.325. The third-order valence-electron chi connectivity index (χ3n) is 2.20. The summed E-state index contributed by atoms with van der Waals surface area (Å²) in [4.78, 5) is 39.0. The highest BCUT2D eigenvalue weighted by Gasteiger charge is 2.06. The van der Waals surface area contributed by atoms with Crippen LogP contribution < -0.4 is 5.32 Å². The van der Waals surface area contributed by atoms with E-state index in [2.05, 4.69) is 10.5 Å². The maximum absolute atomic E-state index is 11.4. The van der Waals surface area contributed by atoms with Crippen LogP contribution in [-0.4, -0.2) is 62.2 Å². The normalized spacial score (nSPS) is 11.1. The van der Waals surface area contributed by atoms with E-state index in [9.17, 15) is 14.4 Å². The Balaban J connectivity index is 3.84. The molecule has 0 aliphatic heterocycles. The Kier molecular flexibility index (Phi) is 10.1. The van der Waals surface area contributed by atoms with Gasteiger partial charge in [-0.2, -0.15) is 0 Å². The maximum Gasteiger partial charge on any atom is 0.260 e. The molecule has 0 radical (unpaired) electrons. The van der Waals surface area contributed by atoms with E-state index in [0.717, 1.165) is 12.2 Å². The van der Waals surface area contributed by atoms with Crippen molar-refractivity contribution in [2.75, 3.05) is 33.4 Å². The predicted molar refractivity (Wildman–Crippen MR) is 76.5 cm³/mol. The molecular formula is C13H21N3O5. The van der Waals surface area contributed by atoms with Crippen LogP contribution in [-0.2, 0) is 24.0 Å². The minimum Gasteiger partial charge on any atom is -0.479 e. The summed E-state index contributed by atoms with van der Waals surface area (Å²) in [6.07, 6.45) is 2.79. The average molecular weight is 299 g/mol. The van der Waals surface area contributed by atoms with Crippen molar-refractivity contribution in [2.45, 2.75) is 13.8 Å². The molecule has 2 amide bonds. The number of aldehydes is 1. The first-order valence-electron chi connectivity index (χ1n) is 6.44. The van der Waals surface area contributed by atoms with Gasteiger partial charge in [0.25, 0.3) is 5.91 Å². The van der Waals surface area contributed by atoms with Gasteiger partial charge in [-0.25, -0.2) is 0 Å². The second kappa shape index (κ2) is 11.4. The first-order valence-corrected chi connectivity index (χ1v) is 6.44. The van der Waals surface area contributed by atoms with E-state index in [1.807, 2.05) is 6.92 Å². The van der Waals surface area contributed by atoms with E-state index in [0.29, 0.717) is 25.3 Å². The number of carbonyl (C=O) groups excluding carboxylic acids is 3. The molecule has 0 heterocycles. The molecule has 8 heteroatoms. The fourth-order valence-electron chi connectivity index (χ4n) is 1.19. The number of ether oxygens (including phenoxy) is 1. The lowest BCUT2D eigenvalue weighted by molar-refractivity contribution is -0.127. The van der Waals surface area contributed by atoms with Crippen molar-refractivity contribution in [2.24, 2.45) is 5.16 Å². The smallest absolute Gasteiger partial charge is 0.260 e. The summed E-state index contributed by atoms with van der Waals surface area (Å²) in [5.41, 5.74) is 0. The number of likely N-dealkylation sites (N-methyl/N-ethyl adjacent to an activating group) is 1. The molecule has 0 atom stereocenters. The van der Waals surface area contributed by atoms with E-state index < -0.39 is 0 Å². The zero-order valence-corrected chi connectivity index (χ0v) is 12.5. The standard InChI is InChI=1S/C13H21N3O5/c1-4-20-11(2)15-21-10-12(18)14-7-8-16(3)13(19)6-5-9-17/h5-6,9H,4,7-8,10H2,1-3H3,(H,14,18)/b6-5-,15-11-. The van der Waals surface area contributed by atoms with Crippen LogP contribution in [0.5, 0.6) is 0 Å². The fourth-order valence-corrected chi connectivity index (χ4v) is 1.19. The number of hydrogen-bond acceptors (Lipinski definition) is 6. The predicted octanol–water partition coefficient (Wildman–Crippen LogP) is -0.297. The Bertz CT molecular complexity index is 407. The Morgan fingerprint density at radius 2 is 2.10 bits per heavy atom. The van der Waals surface area contributed by atoms with Gasteiger partial charge in [0.05, 0.1) is 6.61 Å². The van der Waals surface area contributed by atoms with Gasteiger partial charge in [0.1, 0.15) is 6.29 Å². The van der Waals surface area contributed by atoms with Crippen LogP contribution in [0.15, 0.2) is 17.3 Å². The van der Waals surface area contributed by atoms with Crippen LogP contribution in [0.1, 0.15) is 13.8 Å². The maximum atomic E-state index is 11.4. The number of oxime groups is 1. The summed E-state index contributed by atoms with van der Waals surface area (Å²) in [7, 11) is 1.57. The van der Waals surface area contributed by atoms with Crippen molar-refractivity contribution < 1.29 is 24.0 Å². The largest absolute Gasteiger partial charge is 0.479 e. The van der Waals surface area contributed by atoms with Gasteiger partial charge in [0.15, 0.2) is 6.61 Å². The van der Waals surface area contributed by atoms with E-state index in [-0.39, 0.29) is 25.0 Å². The summed E-state index contributed by atoms with van der Waals surface area (Å²) in [5, 5.41) is 6.15. The van der Waals surface area contributed by atoms with Crippen LogP contribution in [0.3, 0.4) is 0 Å². The molecule has 0 aromatic heterocycles. The van der Waals surface area contributed by atoms with Gasteiger partial charge in [0.2, 0.25) is 11.8 Å². The Hall–Kier alpha value is -2.38. The van der Waals surface area contributed by atoms with Crippen LogP contribution in [0.25, 0.3) is 0 Å². The van der Waals surface area contributed by atoms with Gasteiger partial charge in [-0.05, 0) is 13.0 Å². The minimum atomic E-state index is -0.354. The number of allylic oxidation sites excluding steroid dienone is 1. The van der Waals surface area contributed by atoms with E-state index in [1.165, 1.54) is 4.90 Å². The molecular weight excluding hydrogens is 278 g/mol. The lowest BCUT2D eigenvalue weighted by Crippen LogP contribution is -2.36. The number of amides is 2. The molecule has 0 saturated heterocycles. The third kappa shape index (κ3) is 10.1.